The summed E-state index contributed by atoms with van der Waals surface area (Å²) >= 11 is 0. The molecule has 1 aromatic rings. The predicted molar refractivity (Wildman–Crippen MR) is 86.4 cm³/mol. The summed E-state index contributed by atoms with van der Waals surface area (Å²) in [5.74, 6) is 0. The van der Waals surface area contributed by atoms with Crippen LogP contribution in [0.5, 0.6) is 0 Å². The van der Waals surface area contributed by atoms with Crippen molar-refractivity contribution in [2.45, 2.75) is 39.7 Å². The van der Waals surface area contributed by atoms with E-state index in [1.54, 1.807) is 0 Å². The number of benzene rings is 1. The second-order valence-corrected chi connectivity index (χ2v) is 7.50. The molecule has 0 amide bonds. The molecule has 1 rings (SSSR count). The highest BCUT2D eigenvalue weighted by Gasteiger charge is 2.39. The van der Waals surface area contributed by atoms with Crippen molar-refractivity contribution in [1.82, 2.24) is 0 Å². The van der Waals surface area contributed by atoms with Crippen molar-refractivity contribution in [3.63, 3.8) is 0 Å². The van der Waals surface area contributed by atoms with Crippen LogP contribution in [0.25, 0.3) is 0 Å². The first-order valence-electron chi connectivity index (χ1n) is 7.80. The molecule has 0 aromatic heterocycles. The van der Waals surface area contributed by atoms with Gasteiger partial charge in [0, 0.05) is 32.5 Å². The SMILES string of the molecule is CCO[Si](CCc1ccc(CCO)cc1)(OCC)OCC. The Labute approximate surface area is 129 Å². The number of hydrogen-bond donors (Lipinski definition) is 1. The van der Waals surface area contributed by atoms with Gasteiger partial charge in [0.05, 0.1) is 0 Å². The van der Waals surface area contributed by atoms with E-state index < -0.39 is 8.80 Å². The first kappa shape index (κ1) is 18.3. The maximum Gasteiger partial charge on any atom is 0.501 e. The van der Waals surface area contributed by atoms with Crippen LogP contribution in [0.15, 0.2) is 24.3 Å². The molecule has 0 heterocycles. The van der Waals surface area contributed by atoms with Gasteiger partial charge in [-0.15, -0.1) is 0 Å². The molecule has 5 heteroatoms. The summed E-state index contributed by atoms with van der Waals surface area (Å²) in [6.45, 7) is 7.95. The number of hydrogen-bond acceptors (Lipinski definition) is 4. The lowest BCUT2D eigenvalue weighted by molar-refractivity contribution is 0.0714. The summed E-state index contributed by atoms with van der Waals surface area (Å²) in [5, 5.41) is 8.93. The third-order valence-corrected chi connectivity index (χ3v) is 6.28. The minimum Gasteiger partial charge on any atom is -0.396 e. The third-order valence-electron chi connectivity index (χ3n) is 3.24. The van der Waals surface area contributed by atoms with Crippen LogP contribution in [-0.2, 0) is 26.1 Å². The Kier molecular flexibility index (Phi) is 8.80. The Morgan fingerprint density at radius 1 is 0.810 bits per heavy atom. The Bertz CT molecular complexity index is 363. The maximum absolute atomic E-state index is 8.93. The largest absolute Gasteiger partial charge is 0.501 e. The molecule has 0 saturated carbocycles. The molecule has 0 spiro atoms. The second-order valence-electron chi connectivity index (χ2n) is 4.77. The summed E-state index contributed by atoms with van der Waals surface area (Å²) in [5.41, 5.74) is 2.40. The average Bonchev–Trinajstić information content (AvgIpc) is 2.48. The molecule has 0 aliphatic rings. The normalized spacial score (nSPS) is 11.8. The molecule has 0 radical (unpaired) electrons. The van der Waals surface area contributed by atoms with Gasteiger partial charge in [-0.05, 0) is 44.7 Å². The Hall–Kier alpha value is -0.723. The minimum absolute atomic E-state index is 0.189. The van der Waals surface area contributed by atoms with Crippen molar-refractivity contribution >= 4 is 8.80 Å². The number of aliphatic hydroxyl groups is 1. The van der Waals surface area contributed by atoms with Gasteiger partial charge in [-0.3, -0.25) is 0 Å². The minimum atomic E-state index is -2.55. The van der Waals surface area contributed by atoms with Crippen LogP contribution in [0.3, 0.4) is 0 Å². The fourth-order valence-corrected chi connectivity index (χ4v) is 4.90. The van der Waals surface area contributed by atoms with E-state index in [-0.39, 0.29) is 6.61 Å². The highest BCUT2D eigenvalue weighted by Crippen LogP contribution is 2.19. The lowest BCUT2D eigenvalue weighted by Gasteiger charge is -2.28. The van der Waals surface area contributed by atoms with Crippen LogP contribution < -0.4 is 0 Å². The average molecular weight is 312 g/mol. The van der Waals surface area contributed by atoms with Crippen LogP contribution in [0.4, 0.5) is 0 Å². The van der Waals surface area contributed by atoms with Gasteiger partial charge in [0.15, 0.2) is 0 Å². The lowest BCUT2D eigenvalue weighted by Crippen LogP contribution is -2.46. The standard InChI is InChI=1S/C16H28O4Si/c1-4-18-21(19-5-2,20-6-3)14-12-16-9-7-15(8-10-16)11-13-17/h7-10,17H,4-6,11-14H2,1-3H3. The number of rotatable bonds is 11. The van der Waals surface area contributed by atoms with E-state index in [4.69, 9.17) is 18.4 Å². The molecule has 1 aromatic carbocycles. The number of aliphatic hydroxyl groups excluding tert-OH is 1. The summed E-state index contributed by atoms with van der Waals surface area (Å²) in [6.07, 6.45) is 1.58. The van der Waals surface area contributed by atoms with Crippen molar-refractivity contribution in [2.75, 3.05) is 26.4 Å². The molecule has 0 saturated heterocycles. The van der Waals surface area contributed by atoms with Gasteiger partial charge in [-0.1, -0.05) is 24.3 Å². The van der Waals surface area contributed by atoms with E-state index in [0.29, 0.717) is 26.2 Å². The van der Waals surface area contributed by atoms with E-state index >= 15 is 0 Å². The fraction of sp³-hybridized carbons (Fsp3) is 0.625. The first-order valence-corrected chi connectivity index (χ1v) is 9.73. The Balaban J connectivity index is 2.65. The van der Waals surface area contributed by atoms with Crippen LogP contribution in [0, 0.1) is 0 Å². The van der Waals surface area contributed by atoms with Gasteiger partial charge in [0.2, 0.25) is 0 Å². The monoisotopic (exact) mass is 312 g/mol. The van der Waals surface area contributed by atoms with E-state index in [1.807, 2.05) is 20.8 Å². The van der Waals surface area contributed by atoms with Crippen LogP contribution >= 0.6 is 0 Å². The Morgan fingerprint density at radius 2 is 1.24 bits per heavy atom. The highest BCUT2D eigenvalue weighted by molar-refractivity contribution is 6.60. The Morgan fingerprint density at radius 3 is 1.62 bits per heavy atom. The molecule has 120 valence electrons. The summed E-state index contributed by atoms with van der Waals surface area (Å²) in [7, 11) is -2.55. The molecule has 0 unspecified atom stereocenters. The van der Waals surface area contributed by atoms with Gasteiger partial charge in [-0.2, -0.15) is 0 Å². The molecule has 1 N–H and O–H groups in total. The topological polar surface area (TPSA) is 47.9 Å². The van der Waals surface area contributed by atoms with Gasteiger partial charge in [0.1, 0.15) is 0 Å². The molecule has 0 fully saturated rings. The zero-order chi connectivity index (χ0) is 15.6. The number of aryl methyl sites for hydroxylation is 1. The van der Waals surface area contributed by atoms with Gasteiger partial charge in [-0.25, -0.2) is 0 Å². The molecule has 0 bridgehead atoms. The lowest BCUT2D eigenvalue weighted by atomic mass is 10.1. The summed E-state index contributed by atoms with van der Waals surface area (Å²) < 4.78 is 17.6. The summed E-state index contributed by atoms with van der Waals surface area (Å²) in [4.78, 5) is 0. The summed E-state index contributed by atoms with van der Waals surface area (Å²) in [6, 6.07) is 9.14. The fourth-order valence-electron chi connectivity index (χ4n) is 2.30. The maximum atomic E-state index is 8.93. The molecule has 0 atom stereocenters. The van der Waals surface area contributed by atoms with Crippen molar-refractivity contribution in [3.8, 4) is 0 Å². The quantitative estimate of drug-likeness (QED) is 0.638. The van der Waals surface area contributed by atoms with Crippen molar-refractivity contribution in [2.24, 2.45) is 0 Å². The molecule has 0 aliphatic heterocycles. The van der Waals surface area contributed by atoms with Gasteiger partial charge >= 0.3 is 8.80 Å². The van der Waals surface area contributed by atoms with E-state index in [0.717, 1.165) is 18.0 Å². The van der Waals surface area contributed by atoms with E-state index in [1.165, 1.54) is 5.56 Å². The van der Waals surface area contributed by atoms with E-state index in [2.05, 4.69) is 24.3 Å². The molecule has 0 aliphatic carbocycles. The third kappa shape index (κ3) is 6.28. The first-order chi connectivity index (χ1) is 10.2. The zero-order valence-electron chi connectivity index (χ0n) is 13.4. The zero-order valence-corrected chi connectivity index (χ0v) is 14.4. The van der Waals surface area contributed by atoms with E-state index in [9.17, 15) is 0 Å². The van der Waals surface area contributed by atoms with Crippen LogP contribution in [0.2, 0.25) is 6.04 Å². The molecule has 21 heavy (non-hydrogen) atoms. The molecular weight excluding hydrogens is 284 g/mol. The highest BCUT2D eigenvalue weighted by atomic mass is 28.4. The molecule has 4 nitrogen and oxygen atoms in total. The molecular formula is C16H28O4Si. The second kappa shape index (κ2) is 10.1. The van der Waals surface area contributed by atoms with Crippen molar-refractivity contribution < 1.29 is 18.4 Å². The van der Waals surface area contributed by atoms with Gasteiger partial charge in [0.25, 0.3) is 0 Å². The van der Waals surface area contributed by atoms with Gasteiger partial charge < -0.3 is 18.4 Å². The predicted octanol–water partition coefficient (Wildman–Crippen LogP) is 2.81. The van der Waals surface area contributed by atoms with Crippen molar-refractivity contribution in [3.05, 3.63) is 35.4 Å². The van der Waals surface area contributed by atoms with Crippen LogP contribution in [-0.4, -0.2) is 40.3 Å². The van der Waals surface area contributed by atoms with Crippen molar-refractivity contribution in [1.29, 1.82) is 0 Å². The smallest absolute Gasteiger partial charge is 0.396 e. The van der Waals surface area contributed by atoms with Crippen LogP contribution in [0.1, 0.15) is 31.9 Å².